The first kappa shape index (κ1) is 24.1. The number of benzene rings is 2. The Kier molecular flexibility index (Phi) is 6.62. The van der Waals surface area contributed by atoms with Crippen molar-refractivity contribution in [1.82, 2.24) is 19.2 Å². The van der Waals surface area contributed by atoms with E-state index >= 15 is 0 Å². The van der Waals surface area contributed by atoms with Crippen LogP contribution in [0.4, 0.5) is 0 Å². The number of hydrogen-bond donors (Lipinski definition) is 2. The van der Waals surface area contributed by atoms with Crippen LogP contribution in [-0.2, 0) is 23.1 Å². The van der Waals surface area contributed by atoms with Crippen molar-refractivity contribution >= 4 is 15.9 Å². The molecule has 4 rings (SSSR count). The van der Waals surface area contributed by atoms with E-state index in [0.29, 0.717) is 18.1 Å². The van der Waals surface area contributed by atoms with Crippen LogP contribution < -0.4 is 5.32 Å². The highest BCUT2D eigenvalue weighted by atomic mass is 32.2. The molecule has 0 spiro atoms. The summed E-state index contributed by atoms with van der Waals surface area (Å²) in [7, 11) is -3.73. The van der Waals surface area contributed by atoms with Crippen LogP contribution in [0.15, 0.2) is 65.6 Å². The summed E-state index contributed by atoms with van der Waals surface area (Å²) in [5.74, 6) is 0.188. The SMILES string of the molecule is CC(C)(C)[C@@H](CO)NC(=O)c1nc(-c2ccccc2)n2c1CN(S(=O)(=O)c1ccccc1)CC2. The Bertz CT molecular complexity index is 1270. The number of imidazole rings is 1. The van der Waals surface area contributed by atoms with Crippen molar-refractivity contribution in [3.8, 4) is 11.4 Å². The molecule has 8 nitrogen and oxygen atoms in total. The molecule has 2 aromatic carbocycles. The molecule has 1 aliphatic heterocycles. The first-order chi connectivity index (χ1) is 16.1. The number of hydrogen-bond acceptors (Lipinski definition) is 5. The lowest BCUT2D eigenvalue weighted by Crippen LogP contribution is -2.47. The average molecular weight is 483 g/mol. The van der Waals surface area contributed by atoms with Gasteiger partial charge in [0.1, 0.15) is 5.82 Å². The van der Waals surface area contributed by atoms with Gasteiger partial charge in [-0.1, -0.05) is 69.3 Å². The molecule has 180 valence electrons. The largest absolute Gasteiger partial charge is 0.394 e. The minimum absolute atomic E-state index is 0.0269. The maximum Gasteiger partial charge on any atom is 0.272 e. The zero-order valence-electron chi connectivity index (χ0n) is 19.6. The molecule has 2 heterocycles. The Balaban J connectivity index is 1.75. The second-order valence-electron chi connectivity index (χ2n) is 9.47. The van der Waals surface area contributed by atoms with Gasteiger partial charge >= 0.3 is 0 Å². The molecule has 1 atom stereocenters. The first-order valence-electron chi connectivity index (χ1n) is 11.2. The zero-order chi connectivity index (χ0) is 24.5. The van der Waals surface area contributed by atoms with Gasteiger partial charge in [-0.05, 0) is 17.5 Å². The van der Waals surface area contributed by atoms with Gasteiger partial charge in [0.25, 0.3) is 5.91 Å². The van der Waals surface area contributed by atoms with Crippen molar-refractivity contribution < 1.29 is 18.3 Å². The van der Waals surface area contributed by atoms with Crippen LogP contribution in [0.5, 0.6) is 0 Å². The van der Waals surface area contributed by atoms with Crippen molar-refractivity contribution in [3.05, 3.63) is 72.1 Å². The number of amides is 1. The number of sulfonamides is 1. The minimum atomic E-state index is -3.73. The van der Waals surface area contributed by atoms with E-state index in [1.807, 2.05) is 55.7 Å². The van der Waals surface area contributed by atoms with Crippen molar-refractivity contribution in [2.45, 2.75) is 44.8 Å². The fourth-order valence-electron chi connectivity index (χ4n) is 4.04. The summed E-state index contributed by atoms with van der Waals surface area (Å²) in [5.41, 5.74) is 1.19. The average Bonchev–Trinajstić information content (AvgIpc) is 3.22. The smallest absolute Gasteiger partial charge is 0.272 e. The molecule has 2 N–H and O–H groups in total. The van der Waals surface area contributed by atoms with Crippen LogP contribution in [-0.4, -0.2) is 52.5 Å². The fraction of sp³-hybridized carbons (Fsp3) is 0.360. The Morgan fingerprint density at radius 3 is 2.26 bits per heavy atom. The molecular formula is C25H30N4O4S. The molecule has 34 heavy (non-hydrogen) atoms. The number of fused-ring (bicyclic) bond motifs is 1. The van der Waals surface area contributed by atoms with Crippen molar-refractivity contribution in [2.24, 2.45) is 5.41 Å². The van der Waals surface area contributed by atoms with Gasteiger partial charge in [0, 0.05) is 18.7 Å². The molecule has 0 unspecified atom stereocenters. The molecule has 1 amide bonds. The minimum Gasteiger partial charge on any atom is -0.394 e. The second kappa shape index (κ2) is 9.32. The van der Waals surface area contributed by atoms with Crippen LogP contribution in [0.3, 0.4) is 0 Å². The Morgan fingerprint density at radius 1 is 1.06 bits per heavy atom. The zero-order valence-corrected chi connectivity index (χ0v) is 20.4. The molecule has 9 heteroatoms. The summed E-state index contributed by atoms with van der Waals surface area (Å²) in [6, 6.07) is 17.3. The number of aliphatic hydroxyl groups excluding tert-OH is 1. The van der Waals surface area contributed by atoms with E-state index in [1.165, 1.54) is 4.31 Å². The molecule has 3 aromatic rings. The summed E-state index contributed by atoms with van der Waals surface area (Å²) >= 11 is 0. The van der Waals surface area contributed by atoms with Gasteiger partial charge in [-0.25, -0.2) is 13.4 Å². The predicted octanol–water partition coefficient (Wildman–Crippen LogP) is 2.89. The van der Waals surface area contributed by atoms with Crippen LogP contribution in [0.25, 0.3) is 11.4 Å². The Hall–Kier alpha value is -3.01. The van der Waals surface area contributed by atoms with Gasteiger partial charge in [-0.2, -0.15) is 4.31 Å². The highest BCUT2D eigenvalue weighted by Gasteiger charge is 2.35. The molecule has 0 radical (unpaired) electrons. The van der Waals surface area contributed by atoms with Crippen LogP contribution in [0.2, 0.25) is 0 Å². The summed E-state index contributed by atoms with van der Waals surface area (Å²) in [4.78, 5) is 18.2. The summed E-state index contributed by atoms with van der Waals surface area (Å²) < 4.78 is 29.9. The van der Waals surface area contributed by atoms with Crippen LogP contribution in [0, 0.1) is 5.41 Å². The number of nitrogens with one attached hydrogen (secondary N) is 1. The van der Waals surface area contributed by atoms with Gasteiger partial charge in [0.05, 0.1) is 29.8 Å². The van der Waals surface area contributed by atoms with Crippen molar-refractivity contribution in [1.29, 1.82) is 0 Å². The van der Waals surface area contributed by atoms with E-state index in [9.17, 15) is 18.3 Å². The lowest BCUT2D eigenvalue weighted by Gasteiger charge is -2.30. The maximum absolute atomic E-state index is 13.3. The van der Waals surface area contributed by atoms with Gasteiger partial charge in [0.15, 0.2) is 5.69 Å². The monoisotopic (exact) mass is 482 g/mol. The predicted molar refractivity (Wildman–Crippen MR) is 129 cm³/mol. The lowest BCUT2D eigenvalue weighted by atomic mass is 9.87. The van der Waals surface area contributed by atoms with E-state index in [2.05, 4.69) is 10.3 Å². The highest BCUT2D eigenvalue weighted by molar-refractivity contribution is 7.89. The summed E-state index contributed by atoms with van der Waals surface area (Å²) in [5, 5.41) is 12.7. The maximum atomic E-state index is 13.3. The lowest BCUT2D eigenvalue weighted by molar-refractivity contribution is 0.0841. The number of carbonyl (C=O) groups excluding carboxylic acids is 1. The Morgan fingerprint density at radius 2 is 1.68 bits per heavy atom. The van der Waals surface area contributed by atoms with E-state index in [0.717, 1.165) is 5.56 Å². The molecule has 0 fully saturated rings. The number of aliphatic hydroxyl groups is 1. The quantitative estimate of drug-likeness (QED) is 0.562. The third-order valence-corrected chi connectivity index (χ3v) is 7.99. The molecule has 0 aliphatic carbocycles. The number of carbonyl (C=O) groups is 1. The Labute approximate surface area is 200 Å². The molecule has 1 aliphatic rings. The molecule has 0 saturated heterocycles. The number of rotatable bonds is 6. The topological polar surface area (TPSA) is 105 Å². The van der Waals surface area contributed by atoms with Gasteiger partial charge in [0.2, 0.25) is 10.0 Å². The second-order valence-corrected chi connectivity index (χ2v) is 11.4. The molecule has 0 bridgehead atoms. The van der Waals surface area contributed by atoms with Crippen molar-refractivity contribution in [3.63, 3.8) is 0 Å². The summed E-state index contributed by atoms with van der Waals surface area (Å²) in [6.45, 7) is 6.24. The highest BCUT2D eigenvalue weighted by Crippen LogP contribution is 2.30. The first-order valence-corrected chi connectivity index (χ1v) is 12.7. The van der Waals surface area contributed by atoms with E-state index in [4.69, 9.17) is 0 Å². The summed E-state index contributed by atoms with van der Waals surface area (Å²) in [6.07, 6.45) is 0. The third-order valence-electron chi connectivity index (χ3n) is 6.13. The van der Waals surface area contributed by atoms with Gasteiger partial charge in [-0.15, -0.1) is 0 Å². The van der Waals surface area contributed by atoms with E-state index < -0.39 is 22.0 Å². The molecule has 1 aromatic heterocycles. The standard InChI is InChI=1S/C25H30N4O4S/c1-25(2,3)21(17-30)26-24(31)22-20-16-28(34(32,33)19-12-8-5-9-13-19)14-15-29(20)23(27-22)18-10-6-4-7-11-18/h4-13,21,30H,14-17H2,1-3H3,(H,26,31)/t21-/m1/s1. The number of aromatic nitrogens is 2. The van der Waals surface area contributed by atoms with Crippen molar-refractivity contribution in [2.75, 3.05) is 13.2 Å². The third kappa shape index (κ3) is 4.64. The normalized spacial score (nSPS) is 15.5. The van der Waals surface area contributed by atoms with E-state index in [1.54, 1.807) is 30.3 Å². The van der Waals surface area contributed by atoms with Gasteiger partial charge < -0.3 is 15.0 Å². The van der Waals surface area contributed by atoms with Crippen LogP contribution in [0.1, 0.15) is 37.0 Å². The molecule has 0 saturated carbocycles. The van der Waals surface area contributed by atoms with E-state index in [-0.39, 0.29) is 35.7 Å². The fourth-order valence-corrected chi connectivity index (χ4v) is 5.46. The molecular weight excluding hydrogens is 452 g/mol. The van der Waals surface area contributed by atoms with Crippen LogP contribution >= 0.6 is 0 Å². The van der Waals surface area contributed by atoms with Gasteiger partial charge in [-0.3, -0.25) is 4.79 Å². The number of nitrogens with zero attached hydrogens (tertiary/aromatic N) is 3.